The van der Waals surface area contributed by atoms with Gasteiger partial charge in [-0.25, -0.2) is 0 Å². The first-order valence-electron chi connectivity index (χ1n) is 8.44. The largest absolute Gasteiger partial charge is 0.375 e. The Hall–Kier alpha value is -2.13. The zero-order valence-corrected chi connectivity index (χ0v) is 13.7. The molecule has 120 valence electrons. The quantitative estimate of drug-likeness (QED) is 0.623. The molecule has 1 saturated heterocycles. The van der Waals surface area contributed by atoms with Gasteiger partial charge in [0.25, 0.3) is 0 Å². The average molecular weight is 308 g/mol. The minimum Gasteiger partial charge on any atom is -0.375 e. The predicted octanol–water partition coefficient (Wildman–Crippen LogP) is 3.56. The molecule has 1 fully saturated rings. The van der Waals surface area contributed by atoms with Crippen molar-refractivity contribution in [3.05, 3.63) is 60.3 Å². The van der Waals surface area contributed by atoms with E-state index in [1.165, 1.54) is 13.0 Å². The fourth-order valence-electron chi connectivity index (χ4n) is 3.16. The zero-order chi connectivity index (χ0) is 16.1. The maximum absolute atomic E-state index is 12.5. The van der Waals surface area contributed by atoms with Crippen LogP contribution in [0.25, 0.3) is 10.8 Å². The summed E-state index contributed by atoms with van der Waals surface area (Å²) in [6.07, 6.45) is 4.89. The van der Waals surface area contributed by atoms with Crippen molar-refractivity contribution < 1.29 is 4.79 Å². The Morgan fingerprint density at radius 3 is 2.57 bits per heavy atom. The normalized spacial score (nSPS) is 16.3. The maximum atomic E-state index is 12.5. The molecule has 0 saturated carbocycles. The Bertz CT molecular complexity index is 694. The summed E-state index contributed by atoms with van der Waals surface area (Å²) in [6.45, 7) is 7.56. The molecular formula is C20H24N2O. The van der Waals surface area contributed by atoms with Gasteiger partial charge in [-0.2, -0.15) is 0 Å². The van der Waals surface area contributed by atoms with Crippen molar-refractivity contribution in [1.29, 1.82) is 0 Å². The molecule has 1 aliphatic heterocycles. The number of fused-ring (bicyclic) bond motifs is 1. The van der Waals surface area contributed by atoms with E-state index in [9.17, 15) is 4.79 Å². The molecule has 0 bridgehead atoms. The molecule has 0 spiro atoms. The molecule has 0 radical (unpaired) electrons. The van der Waals surface area contributed by atoms with Crippen molar-refractivity contribution >= 4 is 16.6 Å². The molecule has 0 atom stereocenters. The summed E-state index contributed by atoms with van der Waals surface area (Å²) in [5, 5.41) is 2.14. The van der Waals surface area contributed by atoms with Gasteiger partial charge in [-0.05, 0) is 23.7 Å². The smallest absolute Gasteiger partial charge is 0.187 e. The maximum Gasteiger partial charge on any atom is 0.187 e. The molecule has 3 rings (SSSR count). The first-order chi connectivity index (χ1) is 11.3. The van der Waals surface area contributed by atoms with Crippen molar-refractivity contribution in [1.82, 2.24) is 9.80 Å². The standard InChI is InChI=1S/C20H24N2O/c1-2-11-21-13-15-22(16-14-21)12-10-20(23)19-9-5-7-17-6-3-4-8-18(17)19/h3-10,12H,2,11,13-16H2,1H3. The van der Waals surface area contributed by atoms with E-state index in [1.54, 1.807) is 6.08 Å². The van der Waals surface area contributed by atoms with Crippen LogP contribution in [0.3, 0.4) is 0 Å². The lowest BCUT2D eigenvalue weighted by Crippen LogP contribution is -2.44. The van der Waals surface area contributed by atoms with Gasteiger partial charge in [-0.3, -0.25) is 9.69 Å². The van der Waals surface area contributed by atoms with Crippen LogP contribution >= 0.6 is 0 Å². The van der Waals surface area contributed by atoms with E-state index < -0.39 is 0 Å². The number of benzene rings is 2. The summed E-state index contributed by atoms with van der Waals surface area (Å²) in [5.74, 6) is 0.0813. The highest BCUT2D eigenvalue weighted by molar-refractivity contribution is 6.13. The zero-order valence-electron chi connectivity index (χ0n) is 13.7. The van der Waals surface area contributed by atoms with Crippen LogP contribution in [0.2, 0.25) is 0 Å². The Kier molecular flexibility index (Phi) is 5.09. The van der Waals surface area contributed by atoms with Gasteiger partial charge in [-0.1, -0.05) is 49.4 Å². The van der Waals surface area contributed by atoms with E-state index in [-0.39, 0.29) is 5.78 Å². The Morgan fingerprint density at radius 2 is 1.78 bits per heavy atom. The van der Waals surface area contributed by atoms with E-state index >= 15 is 0 Å². The highest BCUT2D eigenvalue weighted by atomic mass is 16.1. The highest BCUT2D eigenvalue weighted by Gasteiger charge is 2.13. The molecule has 0 amide bonds. The molecular weight excluding hydrogens is 284 g/mol. The lowest BCUT2D eigenvalue weighted by molar-refractivity contribution is 0.104. The first kappa shape index (κ1) is 15.8. The molecule has 3 heteroatoms. The Labute approximate surface area is 138 Å². The average Bonchev–Trinajstić information content (AvgIpc) is 2.60. The summed E-state index contributed by atoms with van der Waals surface area (Å²) in [6, 6.07) is 13.9. The van der Waals surface area contributed by atoms with Gasteiger partial charge in [-0.15, -0.1) is 0 Å². The van der Waals surface area contributed by atoms with Crippen LogP contribution < -0.4 is 0 Å². The molecule has 0 unspecified atom stereocenters. The summed E-state index contributed by atoms with van der Waals surface area (Å²) in [7, 11) is 0. The second kappa shape index (κ2) is 7.42. The van der Waals surface area contributed by atoms with Crippen LogP contribution in [0.4, 0.5) is 0 Å². The molecule has 1 heterocycles. The highest BCUT2D eigenvalue weighted by Crippen LogP contribution is 2.19. The number of nitrogens with zero attached hydrogens (tertiary/aromatic N) is 2. The Balaban J connectivity index is 1.67. The van der Waals surface area contributed by atoms with Gasteiger partial charge in [0, 0.05) is 44.0 Å². The van der Waals surface area contributed by atoms with E-state index in [0.29, 0.717) is 0 Å². The number of piperazine rings is 1. The summed E-state index contributed by atoms with van der Waals surface area (Å²) < 4.78 is 0. The van der Waals surface area contributed by atoms with Crippen molar-refractivity contribution in [3.63, 3.8) is 0 Å². The van der Waals surface area contributed by atoms with Gasteiger partial charge < -0.3 is 4.90 Å². The fourth-order valence-corrected chi connectivity index (χ4v) is 3.16. The third-order valence-electron chi connectivity index (χ3n) is 4.44. The molecule has 0 aromatic heterocycles. The number of hydrogen-bond acceptors (Lipinski definition) is 3. The van der Waals surface area contributed by atoms with Crippen LogP contribution in [-0.4, -0.2) is 48.3 Å². The molecule has 1 aliphatic rings. The van der Waals surface area contributed by atoms with Gasteiger partial charge in [0.15, 0.2) is 5.78 Å². The summed E-state index contributed by atoms with van der Waals surface area (Å²) in [4.78, 5) is 17.3. The molecule has 2 aromatic carbocycles. The lowest BCUT2D eigenvalue weighted by atomic mass is 10.0. The van der Waals surface area contributed by atoms with E-state index in [4.69, 9.17) is 0 Å². The molecule has 2 aromatic rings. The van der Waals surface area contributed by atoms with Crippen LogP contribution in [0, 0.1) is 0 Å². The third kappa shape index (κ3) is 3.80. The first-order valence-corrected chi connectivity index (χ1v) is 8.44. The van der Waals surface area contributed by atoms with Crippen LogP contribution in [-0.2, 0) is 0 Å². The van der Waals surface area contributed by atoms with Crippen LogP contribution in [0.1, 0.15) is 23.7 Å². The number of carbonyl (C=O) groups is 1. The second-order valence-corrected chi connectivity index (χ2v) is 6.08. The fraction of sp³-hybridized carbons (Fsp3) is 0.350. The predicted molar refractivity (Wildman–Crippen MR) is 95.7 cm³/mol. The van der Waals surface area contributed by atoms with Crippen molar-refractivity contribution in [2.75, 3.05) is 32.7 Å². The second-order valence-electron chi connectivity index (χ2n) is 6.08. The van der Waals surface area contributed by atoms with Crippen molar-refractivity contribution in [2.24, 2.45) is 0 Å². The molecule has 23 heavy (non-hydrogen) atoms. The minimum absolute atomic E-state index is 0.0813. The van der Waals surface area contributed by atoms with Gasteiger partial charge in [0.2, 0.25) is 0 Å². The number of rotatable bonds is 5. The van der Waals surface area contributed by atoms with Crippen molar-refractivity contribution in [2.45, 2.75) is 13.3 Å². The van der Waals surface area contributed by atoms with E-state index in [0.717, 1.165) is 42.5 Å². The van der Waals surface area contributed by atoms with Crippen LogP contribution in [0.5, 0.6) is 0 Å². The monoisotopic (exact) mass is 308 g/mol. The number of allylic oxidation sites excluding steroid dienone is 1. The van der Waals surface area contributed by atoms with E-state index in [2.05, 4.69) is 16.7 Å². The van der Waals surface area contributed by atoms with Crippen LogP contribution in [0.15, 0.2) is 54.7 Å². The van der Waals surface area contributed by atoms with E-state index in [1.807, 2.05) is 48.7 Å². The van der Waals surface area contributed by atoms with Gasteiger partial charge in [0.1, 0.15) is 0 Å². The van der Waals surface area contributed by atoms with Gasteiger partial charge in [0.05, 0.1) is 0 Å². The Morgan fingerprint density at radius 1 is 1.04 bits per heavy atom. The lowest BCUT2D eigenvalue weighted by Gasteiger charge is -2.33. The SMILES string of the molecule is CCCN1CCN(C=CC(=O)c2cccc3ccccc23)CC1. The molecule has 3 nitrogen and oxygen atoms in total. The molecule has 0 N–H and O–H groups in total. The number of carbonyl (C=O) groups excluding carboxylic acids is 1. The number of hydrogen-bond donors (Lipinski definition) is 0. The molecule has 0 aliphatic carbocycles. The topological polar surface area (TPSA) is 23.6 Å². The summed E-state index contributed by atoms with van der Waals surface area (Å²) >= 11 is 0. The summed E-state index contributed by atoms with van der Waals surface area (Å²) in [5.41, 5.74) is 0.781. The number of ketones is 1. The minimum atomic E-state index is 0.0813. The third-order valence-corrected chi connectivity index (χ3v) is 4.44. The van der Waals surface area contributed by atoms with Gasteiger partial charge >= 0.3 is 0 Å². The van der Waals surface area contributed by atoms with Crippen molar-refractivity contribution in [3.8, 4) is 0 Å².